The Morgan fingerprint density at radius 1 is 0.382 bits per heavy atom. The maximum absolute atomic E-state index is 12.7. The minimum atomic E-state index is 0.274. The van der Waals surface area contributed by atoms with Gasteiger partial charge >= 0.3 is 0 Å². The lowest BCUT2D eigenvalue weighted by molar-refractivity contribution is -0.126. The van der Waals surface area contributed by atoms with Gasteiger partial charge in [-0.2, -0.15) is 0 Å². The lowest BCUT2D eigenvalue weighted by Crippen LogP contribution is -2.19. The fraction of sp³-hybridized carbons (Fsp3) is 0.970. The average molecular weight is 479 g/mol. The molecule has 0 fully saturated rings. The molecular weight excluding hydrogens is 412 g/mol. The molecule has 2 unspecified atom stereocenters. The average Bonchev–Trinajstić information content (AvgIpc) is 2.84. The quantitative estimate of drug-likeness (QED) is 0.102. The van der Waals surface area contributed by atoms with E-state index in [0.29, 0.717) is 5.78 Å². The number of hydrogen-bond acceptors (Lipinski definition) is 1. The van der Waals surface area contributed by atoms with Gasteiger partial charge in [0.2, 0.25) is 0 Å². The van der Waals surface area contributed by atoms with Gasteiger partial charge < -0.3 is 0 Å². The molecule has 1 nitrogen and oxygen atoms in total. The van der Waals surface area contributed by atoms with Gasteiger partial charge in [0.15, 0.2) is 0 Å². The van der Waals surface area contributed by atoms with Crippen molar-refractivity contribution in [2.75, 3.05) is 0 Å². The summed E-state index contributed by atoms with van der Waals surface area (Å²) in [7, 11) is 0. The highest BCUT2D eigenvalue weighted by atomic mass is 16.1. The molecule has 0 aromatic carbocycles. The molecule has 0 bridgehead atoms. The van der Waals surface area contributed by atoms with Gasteiger partial charge in [-0.15, -0.1) is 0 Å². The molecular formula is C33H66O. The highest BCUT2D eigenvalue weighted by molar-refractivity contribution is 5.82. The van der Waals surface area contributed by atoms with E-state index >= 15 is 0 Å². The van der Waals surface area contributed by atoms with E-state index in [1.54, 1.807) is 0 Å². The van der Waals surface area contributed by atoms with Crippen LogP contribution in [0.5, 0.6) is 0 Å². The number of rotatable bonds is 28. The van der Waals surface area contributed by atoms with Crippen LogP contribution in [0.4, 0.5) is 0 Å². The summed E-state index contributed by atoms with van der Waals surface area (Å²) in [6.45, 7) is 8.94. The zero-order valence-corrected chi connectivity index (χ0v) is 24.4. The van der Waals surface area contributed by atoms with Crippen molar-refractivity contribution >= 4 is 5.78 Å². The Hall–Kier alpha value is -0.330. The van der Waals surface area contributed by atoms with Crippen LogP contribution in [0.1, 0.15) is 195 Å². The summed E-state index contributed by atoms with van der Waals surface area (Å²) in [4.78, 5) is 12.7. The summed E-state index contributed by atoms with van der Waals surface area (Å²) < 4.78 is 0. The number of unbranched alkanes of at least 4 members (excludes halogenated alkanes) is 22. The molecule has 0 rings (SSSR count). The summed E-state index contributed by atoms with van der Waals surface area (Å²) in [6.07, 6.45) is 35.6. The minimum Gasteiger partial charge on any atom is -0.299 e. The molecule has 0 aromatic heterocycles. The lowest BCUT2D eigenvalue weighted by atomic mass is 9.88. The van der Waals surface area contributed by atoms with E-state index in [4.69, 9.17) is 0 Å². The SMILES string of the molecule is CCCCCCCCCCCCCCC(C)C(=O)C(C)CCCCCCCCCCCCCC. The molecule has 0 saturated heterocycles. The molecule has 0 aromatic rings. The van der Waals surface area contributed by atoms with Gasteiger partial charge in [0.05, 0.1) is 0 Å². The molecule has 0 aliphatic heterocycles. The molecule has 204 valence electrons. The van der Waals surface area contributed by atoms with E-state index in [9.17, 15) is 4.79 Å². The third-order valence-electron chi connectivity index (χ3n) is 7.95. The van der Waals surface area contributed by atoms with Gasteiger partial charge in [-0.3, -0.25) is 4.79 Å². The van der Waals surface area contributed by atoms with Crippen molar-refractivity contribution in [1.29, 1.82) is 0 Å². The first-order valence-electron chi connectivity index (χ1n) is 16.2. The largest absolute Gasteiger partial charge is 0.299 e. The van der Waals surface area contributed by atoms with Crippen LogP contribution in [0.2, 0.25) is 0 Å². The summed E-state index contributed by atoms with van der Waals surface area (Å²) in [5, 5.41) is 0. The van der Waals surface area contributed by atoms with Crippen molar-refractivity contribution in [2.24, 2.45) is 11.8 Å². The molecule has 0 N–H and O–H groups in total. The summed E-state index contributed by atoms with van der Waals surface area (Å²) in [6, 6.07) is 0. The lowest BCUT2D eigenvalue weighted by Gasteiger charge is -2.16. The molecule has 0 radical (unpaired) electrons. The van der Waals surface area contributed by atoms with Gasteiger partial charge in [0.1, 0.15) is 5.78 Å². The van der Waals surface area contributed by atoms with Crippen LogP contribution in [-0.2, 0) is 4.79 Å². The molecule has 1 heteroatoms. The fourth-order valence-corrected chi connectivity index (χ4v) is 5.35. The number of Topliss-reactive ketones (excluding diaryl/α,β-unsaturated/α-hetero) is 1. The van der Waals surface area contributed by atoms with Crippen molar-refractivity contribution in [3.8, 4) is 0 Å². The molecule has 0 amide bonds. The van der Waals surface area contributed by atoms with Crippen LogP contribution in [-0.4, -0.2) is 5.78 Å². The standard InChI is InChI=1S/C33H66O/c1-5-7-9-11-13-15-17-19-21-23-25-27-29-31(3)33(34)32(4)30-28-26-24-22-20-18-16-14-12-10-8-6-2/h31-32H,5-30H2,1-4H3. The van der Waals surface area contributed by atoms with Crippen LogP contribution in [0, 0.1) is 11.8 Å². The van der Waals surface area contributed by atoms with Crippen molar-refractivity contribution in [2.45, 2.75) is 195 Å². The second-order valence-electron chi connectivity index (χ2n) is 11.6. The van der Waals surface area contributed by atoms with Crippen LogP contribution in [0.15, 0.2) is 0 Å². The third kappa shape index (κ3) is 23.4. The van der Waals surface area contributed by atoms with E-state index < -0.39 is 0 Å². The van der Waals surface area contributed by atoms with Gasteiger partial charge in [-0.25, -0.2) is 0 Å². The van der Waals surface area contributed by atoms with Crippen LogP contribution >= 0.6 is 0 Å². The van der Waals surface area contributed by atoms with Gasteiger partial charge in [0, 0.05) is 11.8 Å². The summed E-state index contributed by atoms with van der Waals surface area (Å²) >= 11 is 0. The van der Waals surface area contributed by atoms with E-state index in [1.807, 2.05) is 0 Å². The van der Waals surface area contributed by atoms with Gasteiger partial charge in [-0.05, 0) is 12.8 Å². The highest BCUT2D eigenvalue weighted by Crippen LogP contribution is 2.21. The molecule has 0 aliphatic rings. The monoisotopic (exact) mass is 479 g/mol. The maximum Gasteiger partial charge on any atom is 0.138 e. The minimum absolute atomic E-state index is 0.274. The first kappa shape index (κ1) is 33.7. The Bertz CT molecular complexity index is 365. The first-order valence-corrected chi connectivity index (χ1v) is 16.2. The predicted molar refractivity (Wildman–Crippen MR) is 155 cm³/mol. The predicted octanol–water partition coefficient (Wildman–Crippen LogP) is 12.0. The van der Waals surface area contributed by atoms with Crippen molar-refractivity contribution in [1.82, 2.24) is 0 Å². The number of carbonyl (C=O) groups excluding carboxylic acids is 1. The normalized spacial score (nSPS) is 13.3. The molecule has 34 heavy (non-hydrogen) atoms. The number of carbonyl (C=O) groups is 1. The van der Waals surface area contributed by atoms with Crippen molar-refractivity contribution in [3.05, 3.63) is 0 Å². The smallest absolute Gasteiger partial charge is 0.138 e. The Morgan fingerprint density at radius 3 is 0.824 bits per heavy atom. The van der Waals surface area contributed by atoms with E-state index in [1.165, 1.54) is 154 Å². The van der Waals surface area contributed by atoms with Crippen molar-refractivity contribution < 1.29 is 4.79 Å². The topological polar surface area (TPSA) is 17.1 Å². The van der Waals surface area contributed by atoms with Crippen molar-refractivity contribution in [3.63, 3.8) is 0 Å². The Balaban J connectivity index is 3.45. The van der Waals surface area contributed by atoms with Gasteiger partial charge in [0.25, 0.3) is 0 Å². The van der Waals surface area contributed by atoms with Gasteiger partial charge in [-0.1, -0.05) is 182 Å². The Kier molecular flexibility index (Phi) is 27.0. The molecule has 0 aliphatic carbocycles. The number of hydrogen-bond donors (Lipinski definition) is 0. The zero-order chi connectivity index (χ0) is 25.1. The second kappa shape index (κ2) is 27.3. The van der Waals surface area contributed by atoms with E-state index in [0.717, 1.165) is 12.8 Å². The van der Waals surface area contributed by atoms with E-state index in [-0.39, 0.29) is 11.8 Å². The Labute approximate surface area is 217 Å². The number of ketones is 1. The maximum atomic E-state index is 12.7. The molecule has 0 heterocycles. The van der Waals surface area contributed by atoms with Crippen LogP contribution < -0.4 is 0 Å². The summed E-state index contributed by atoms with van der Waals surface area (Å²) in [5.74, 6) is 1.08. The summed E-state index contributed by atoms with van der Waals surface area (Å²) in [5.41, 5.74) is 0. The third-order valence-corrected chi connectivity index (χ3v) is 7.95. The molecule has 0 saturated carbocycles. The first-order chi connectivity index (χ1) is 16.6. The molecule has 2 atom stereocenters. The molecule has 0 spiro atoms. The second-order valence-corrected chi connectivity index (χ2v) is 11.6. The van der Waals surface area contributed by atoms with Crippen LogP contribution in [0.3, 0.4) is 0 Å². The zero-order valence-electron chi connectivity index (χ0n) is 24.4. The highest BCUT2D eigenvalue weighted by Gasteiger charge is 2.19. The fourth-order valence-electron chi connectivity index (χ4n) is 5.35. The van der Waals surface area contributed by atoms with Crippen LogP contribution in [0.25, 0.3) is 0 Å². The Morgan fingerprint density at radius 2 is 0.588 bits per heavy atom. The van der Waals surface area contributed by atoms with E-state index in [2.05, 4.69) is 27.7 Å².